The summed E-state index contributed by atoms with van der Waals surface area (Å²) in [6.07, 6.45) is 14.1. The molecule has 1 heterocycles. The zero-order chi connectivity index (χ0) is 17.1. The fourth-order valence-corrected chi connectivity index (χ4v) is 3.32. The van der Waals surface area contributed by atoms with Crippen molar-refractivity contribution in [3.8, 4) is 0 Å². The maximum absolute atomic E-state index is 5.96. The second kappa shape index (κ2) is 7.36. The monoisotopic (exact) mass is 318 g/mol. The largest absolute Gasteiger partial charge is 0.374 e. The molecule has 0 aromatic rings. The summed E-state index contributed by atoms with van der Waals surface area (Å²) < 4.78 is 11.7. The first-order valence-electron chi connectivity index (χ1n) is 9.02. The maximum atomic E-state index is 5.96. The van der Waals surface area contributed by atoms with E-state index in [1.54, 1.807) is 7.11 Å². The predicted molar refractivity (Wildman–Crippen MR) is 97.7 cm³/mol. The highest BCUT2D eigenvalue weighted by atomic mass is 16.6. The van der Waals surface area contributed by atoms with Crippen molar-refractivity contribution in [2.24, 2.45) is 0 Å². The molecule has 1 saturated heterocycles. The third-order valence-corrected chi connectivity index (χ3v) is 5.61. The molecule has 2 nitrogen and oxygen atoms in total. The summed E-state index contributed by atoms with van der Waals surface area (Å²) in [5.41, 5.74) is 4.20. The van der Waals surface area contributed by atoms with Crippen molar-refractivity contribution in [1.29, 1.82) is 0 Å². The van der Waals surface area contributed by atoms with Crippen molar-refractivity contribution in [3.05, 3.63) is 34.9 Å². The molecule has 0 unspecified atom stereocenters. The van der Waals surface area contributed by atoms with Crippen molar-refractivity contribution >= 4 is 0 Å². The molecule has 0 bridgehead atoms. The zero-order valence-electron chi connectivity index (χ0n) is 15.9. The van der Waals surface area contributed by atoms with Crippen molar-refractivity contribution in [1.82, 2.24) is 0 Å². The number of hydrogen-bond acceptors (Lipinski definition) is 2. The highest BCUT2D eigenvalue weighted by molar-refractivity contribution is 5.24. The van der Waals surface area contributed by atoms with Crippen LogP contribution in [0.3, 0.4) is 0 Å². The molecule has 1 aliphatic carbocycles. The van der Waals surface area contributed by atoms with Crippen molar-refractivity contribution in [2.75, 3.05) is 7.11 Å². The number of rotatable bonds is 2. The summed E-state index contributed by atoms with van der Waals surface area (Å²) in [4.78, 5) is 0. The second-order valence-corrected chi connectivity index (χ2v) is 7.97. The third kappa shape index (κ3) is 5.06. The van der Waals surface area contributed by atoms with Crippen LogP contribution in [0.2, 0.25) is 0 Å². The summed E-state index contributed by atoms with van der Waals surface area (Å²) in [7, 11) is 1.80. The van der Waals surface area contributed by atoms with Crippen LogP contribution in [-0.4, -0.2) is 24.4 Å². The molecule has 2 rings (SSSR count). The molecule has 0 N–H and O–H groups in total. The summed E-state index contributed by atoms with van der Waals surface area (Å²) in [6, 6.07) is 0. The lowest BCUT2D eigenvalue weighted by Crippen LogP contribution is -2.25. The first-order chi connectivity index (χ1) is 10.8. The Morgan fingerprint density at radius 1 is 1.13 bits per heavy atom. The van der Waals surface area contributed by atoms with Gasteiger partial charge in [0.2, 0.25) is 0 Å². The van der Waals surface area contributed by atoms with E-state index in [-0.39, 0.29) is 11.2 Å². The van der Waals surface area contributed by atoms with Crippen LogP contribution in [0, 0.1) is 0 Å². The van der Waals surface area contributed by atoms with Gasteiger partial charge >= 0.3 is 0 Å². The standard InChI is InChI=1S/C21H34O2/c1-16-8-7-15-21(5)19(23-21)14-11-17(2)10-13-18(12-9-16)20(3,4)22-6/h8,10,13,19H,7,9,11-12,14-15H2,1-6H3/t19-,21+/m1/s1. The molecule has 0 aromatic carbocycles. The molecular formula is C21H34O2. The van der Waals surface area contributed by atoms with Gasteiger partial charge in [-0.2, -0.15) is 0 Å². The minimum Gasteiger partial charge on any atom is -0.374 e. The Morgan fingerprint density at radius 3 is 2.57 bits per heavy atom. The maximum Gasteiger partial charge on any atom is 0.0923 e. The minimum atomic E-state index is -0.202. The van der Waals surface area contributed by atoms with Crippen molar-refractivity contribution in [2.45, 2.75) is 90.4 Å². The van der Waals surface area contributed by atoms with Gasteiger partial charge < -0.3 is 9.47 Å². The average molecular weight is 319 g/mol. The van der Waals surface area contributed by atoms with E-state index in [2.05, 4.69) is 52.8 Å². The van der Waals surface area contributed by atoms with Crippen LogP contribution in [0.5, 0.6) is 0 Å². The molecule has 23 heavy (non-hydrogen) atoms. The van der Waals surface area contributed by atoms with Gasteiger partial charge in [-0.15, -0.1) is 0 Å². The van der Waals surface area contributed by atoms with E-state index in [0.717, 1.165) is 38.5 Å². The van der Waals surface area contributed by atoms with Gasteiger partial charge in [-0.05, 0) is 78.7 Å². The molecule has 1 fully saturated rings. The van der Waals surface area contributed by atoms with E-state index in [1.807, 2.05) is 0 Å². The van der Waals surface area contributed by atoms with E-state index in [1.165, 1.54) is 16.7 Å². The Labute approximate surface area is 142 Å². The highest BCUT2D eigenvalue weighted by Crippen LogP contribution is 2.43. The fourth-order valence-electron chi connectivity index (χ4n) is 3.32. The van der Waals surface area contributed by atoms with Crippen LogP contribution in [0.15, 0.2) is 34.9 Å². The van der Waals surface area contributed by atoms with Crippen molar-refractivity contribution in [3.63, 3.8) is 0 Å². The quantitative estimate of drug-likeness (QED) is 0.478. The Balaban J connectivity index is 2.18. The second-order valence-electron chi connectivity index (χ2n) is 7.97. The number of hydrogen-bond donors (Lipinski definition) is 0. The molecule has 0 radical (unpaired) electrons. The molecule has 2 aliphatic rings. The number of allylic oxidation sites excluding steroid dienone is 5. The van der Waals surface area contributed by atoms with Gasteiger partial charge in [0.15, 0.2) is 0 Å². The van der Waals surface area contributed by atoms with Gasteiger partial charge in [0.05, 0.1) is 17.3 Å². The average Bonchev–Trinajstić information content (AvgIpc) is 3.14. The van der Waals surface area contributed by atoms with Gasteiger partial charge in [-0.3, -0.25) is 0 Å². The summed E-state index contributed by atoms with van der Waals surface area (Å²) in [6.45, 7) is 11.1. The number of epoxide rings is 1. The number of ether oxygens (including phenoxy) is 2. The van der Waals surface area contributed by atoms with E-state index < -0.39 is 0 Å². The minimum absolute atomic E-state index is 0.125. The fraction of sp³-hybridized carbons (Fsp3) is 0.714. The van der Waals surface area contributed by atoms with Gasteiger partial charge in [0, 0.05) is 7.11 Å². The molecule has 2 heteroatoms. The normalized spacial score (nSPS) is 30.5. The van der Waals surface area contributed by atoms with E-state index >= 15 is 0 Å². The van der Waals surface area contributed by atoms with E-state index in [9.17, 15) is 0 Å². The van der Waals surface area contributed by atoms with Crippen molar-refractivity contribution < 1.29 is 9.47 Å². The van der Waals surface area contributed by atoms with Crippen LogP contribution in [-0.2, 0) is 9.47 Å². The molecule has 0 amide bonds. The molecule has 0 saturated carbocycles. The highest BCUT2D eigenvalue weighted by Gasteiger charge is 2.50. The van der Waals surface area contributed by atoms with E-state index in [0.29, 0.717) is 6.10 Å². The number of methoxy groups -OCH3 is 1. The molecule has 0 spiro atoms. The van der Waals surface area contributed by atoms with Crippen LogP contribution >= 0.6 is 0 Å². The van der Waals surface area contributed by atoms with E-state index in [4.69, 9.17) is 9.47 Å². The Bertz CT molecular complexity index is 510. The summed E-state index contributed by atoms with van der Waals surface area (Å²) in [5, 5.41) is 0. The third-order valence-electron chi connectivity index (χ3n) is 5.61. The van der Waals surface area contributed by atoms with Crippen LogP contribution in [0.25, 0.3) is 0 Å². The predicted octanol–water partition coefficient (Wildman–Crippen LogP) is 5.74. The molecule has 2 atom stereocenters. The smallest absolute Gasteiger partial charge is 0.0923 e. The molecule has 0 aromatic heterocycles. The Morgan fingerprint density at radius 2 is 1.87 bits per heavy atom. The van der Waals surface area contributed by atoms with Crippen LogP contribution < -0.4 is 0 Å². The summed E-state index contributed by atoms with van der Waals surface area (Å²) >= 11 is 0. The number of fused-ring (bicyclic) bond motifs is 1. The lowest BCUT2D eigenvalue weighted by Gasteiger charge is -2.27. The topological polar surface area (TPSA) is 21.8 Å². The first-order valence-corrected chi connectivity index (χ1v) is 9.02. The lowest BCUT2D eigenvalue weighted by molar-refractivity contribution is 0.0522. The molecule has 1 aliphatic heterocycles. The first kappa shape index (κ1) is 18.5. The Kier molecular flexibility index (Phi) is 5.91. The van der Waals surface area contributed by atoms with Crippen LogP contribution in [0.1, 0.15) is 73.1 Å². The van der Waals surface area contributed by atoms with Gasteiger partial charge in [-0.1, -0.05) is 29.4 Å². The molecular weight excluding hydrogens is 284 g/mol. The lowest BCUT2D eigenvalue weighted by atomic mass is 9.90. The SMILES string of the molecule is COC(C)(C)C1=CC=C(C)CC[C@H]2O[C@@]2(C)CCC=C(C)CC1. The van der Waals surface area contributed by atoms with Crippen LogP contribution in [0.4, 0.5) is 0 Å². The Hall–Kier alpha value is -0.860. The summed E-state index contributed by atoms with van der Waals surface area (Å²) in [5.74, 6) is 0. The van der Waals surface area contributed by atoms with Gasteiger partial charge in [0.25, 0.3) is 0 Å². The van der Waals surface area contributed by atoms with Gasteiger partial charge in [0.1, 0.15) is 0 Å². The molecule has 130 valence electrons. The van der Waals surface area contributed by atoms with Gasteiger partial charge in [-0.25, -0.2) is 0 Å². The zero-order valence-corrected chi connectivity index (χ0v) is 15.9.